The second-order valence-electron chi connectivity index (χ2n) is 4.14. The summed E-state index contributed by atoms with van der Waals surface area (Å²) in [4.78, 5) is 7.80. The van der Waals surface area contributed by atoms with Gasteiger partial charge in [0, 0.05) is 6.54 Å². The first-order chi connectivity index (χ1) is 8.77. The summed E-state index contributed by atoms with van der Waals surface area (Å²) >= 11 is 0. The van der Waals surface area contributed by atoms with Gasteiger partial charge in [0.25, 0.3) is 5.88 Å². The predicted molar refractivity (Wildman–Crippen MR) is 70.4 cm³/mol. The summed E-state index contributed by atoms with van der Waals surface area (Å²) in [5.74, 6) is -0.0680. The van der Waals surface area contributed by atoms with E-state index in [4.69, 9.17) is 4.74 Å². The molecule has 0 aliphatic rings. The van der Waals surface area contributed by atoms with Gasteiger partial charge in [0.15, 0.2) is 0 Å². The van der Waals surface area contributed by atoms with Crippen LogP contribution in [0.1, 0.15) is 46.0 Å². The summed E-state index contributed by atoms with van der Waals surface area (Å²) in [6.07, 6.45) is 6.84. The van der Waals surface area contributed by atoms with E-state index in [0.29, 0.717) is 19.1 Å². The number of nitrogens with one attached hydrogen (secondary N) is 1. The molecule has 0 aliphatic heterocycles. The van der Waals surface area contributed by atoms with Gasteiger partial charge in [-0.1, -0.05) is 32.6 Å². The van der Waals surface area contributed by atoms with Crippen molar-refractivity contribution in [2.24, 2.45) is 0 Å². The molecule has 0 spiro atoms. The van der Waals surface area contributed by atoms with Crippen LogP contribution >= 0.6 is 0 Å². The lowest BCUT2D eigenvalue weighted by Gasteiger charge is -2.07. The van der Waals surface area contributed by atoms with Crippen LogP contribution in [-0.2, 0) is 0 Å². The van der Waals surface area contributed by atoms with E-state index < -0.39 is 5.82 Å². The van der Waals surface area contributed by atoms with Crippen LogP contribution in [0.25, 0.3) is 0 Å². The van der Waals surface area contributed by atoms with Gasteiger partial charge in [0.2, 0.25) is 11.8 Å². The van der Waals surface area contributed by atoms with Crippen LogP contribution in [0, 0.1) is 5.82 Å². The topological polar surface area (TPSA) is 47.0 Å². The van der Waals surface area contributed by atoms with Crippen LogP contribution in [0.4, 0.5) is 10.3 Å². The average molecular weight is 255 g/mol. The molecule has 0 fully saturated rings. The zero-order chi connectivity index (χ0) is 13.2. The molecule has 1 rings (SSSR count). The number of unbranched alkanes of at least 4 members (excludes halogenated alkanes) is 4. The summed E-state index contributed by atoms with van der Waals surface area (Å²) in [6, 6.07) is 0. The maximum absolute atomic E-state index is 13.4. The molecule has 0 radical (unpaired) electrons. The summed E-state index contributed by atoms with van der Waals surface area (Å²) < 4.78 is 18.7. The minimum atomic E-state index is -0.509. The highest BCUT2D eigenvalue weighted by molar-refractivity contribution is 5.27. The van der Waals surface area contributed by atoms with E-state index in [-0.39, 0.29) is 5.88 Å². The zero-order valence-electron chi connectivity index (χ0n) is 11.2. The summed E-state index contributed by atoms with van der Waals surface area (Å²) in [6.45, 7) is 5.31. The Labute approximate surface area is 108 Å². The Kier molecular flexibility index (Phi) is 7.06. The Morgan fingerprint density at radius 1 is 1.22 bits per heavy atom. The lowest BCUT2D eigenvalue weighted by atomic mass is 10.2. The van der Waals surface area contributed by atoms with Gasteiger partial charge < -0.3 is 10.1 Å². The van der Waals surface area contributed by atoms with E-state index in [1.807, 2.05) is 6.92 Å². The second kappa shape index (κ2) is 8.66. The monoisotopic (exact) mass is 255 g/mol. The highest BCUT2D eigenvalue weighted by Gasteiger charge is 2.07. The van der Waals surface area contributed by atoms with E-state index in [2.05, 4.69) is 22.2 Å². The Bertz CT molecular complexity index is 347. The lowest BCUT2D eigenvalue weighted by Crippen LogP contribution is -2.06. The van der Waals surface area contributed by atoms with Gasteiger partial charge in [-0.2, -0.15) is 9.37 Å². The fourth-order valence-corrected chi connectivity index (χ4v) is 1.57. The number of nitrogens with zero attached hydrogens (tertiary/aromatic N) is 2. The van der Waals surface area contributed by atoms with Gasteiger partial charge in [-0.05, 0) is 13.3 Å². The van der Waals surface area contributed by atoms with Crippen molar-refractivity contribution in [1.29, 1.82) is 0 Å². The Morgan fingerprint density at radius 2 is 2.00 bits per heavy atom. The van der Waals surface area contributed by atoms with E-state index in [1.165, 1.54) is 19.3 Å². The highest BCUT2D eigenvalue weighted by Crippen LogP contribution is 2.15. The van der Waals surface area contributed by atoms with E-state index in [0.717, 1.165) is 19.0 Å². The van der Waals surface area contributed by atoms with Gasteiger partial charge in [0.05, 0.1) is 12.8 Å². The summed E-state index contributed by atoms with van der Waals surface area (Å²) in [5, 5.41) is 2.92. The number of halogens is 1. The third kappa shape index (κ3) is 5.29. The van der Waals surface area contributed by atoms with Gasteiger partial charge in [-0.3, -0.25) is 0 Å². The minimum Gasteiger partial charge on any atom is -0.475 e. The largest absolute Gasteiger partial charge is 0.475 e. The van der Waals surface area contributed by atoms with E-state index in [1.54, 1.807) is 0 Å². The van der Waals surface area contributed by atoms with Gasteiger partial charge in [0.1, 0.15) is 0 Å². The molecule has 0 atom stereocenters. The first-order valence-corrected chi connectivity index (χ1v) is 6.67. The molecule has 0 amide bonds. The first-order valence-electron chi connectivity index (χ1n) is 6.67. The van der Waals surface area contributed by atoms with Crippen molar-refractivity contribution in [2.75, 3.05) is 18.5 Å². The van der Waals surface area contributed by atoms with Crippen LogP contribution in [0.3, 0.4) is 0 Å². The Balaban J connectivity index is 2.34. The molecule has 1 N–H and O–H groups in total. The van der Waals surface area contributed by atoms with Crippen molar-refractivity contribution >= 4 is 5.95 Å². The molecule has 1 aromatic rings. The predicted octanol–water partition coefficient (Wildman–Crippen LogP) is 3.40. The van der Waals surface area contributed by atoms with Crippen molar-refractivity contribution in [1.82, 2.24) is 9.97 Å². The first kappa shape index (κ1) is 14.7. The number of anilines is 1. The van der Waals surface area contributed by atoms with Gasteiger partial charge >= 0.3 is 0 Å². The van der Waals surface area contributed by atoms with Crippen LogP contribution < -0.4 is 10.1 Å². The molecule has 5 heteroatoms. The molecule has 1 heterocycles. The van der Waals surface area contributed by atoms with Crippen molar-refractivity contribution in [3.05, 3.63) is 12.0 Å². The molecule has 4 nitrogen and oxygen atoms in total. The molecular weight excluding hydrogens is 233 g/mol. The Hall–Kier alpha value is -1.39. The maximum atomic E-state index is 13.4. The third-order valence-corrected chi connectivity index (χ3v) is 2.53. The van der Waals surface area contributed by atoms with Crippen molar-refractivity contribution in [2.45, 2.75) is 46.0 Å². The highest BCUT2D eigenvalue weighted by atomic mass is 19.1. The molecule has 102 valence electrons. The van der Waals surface area contributed by atoms with Crippen molar-refractivity contribution in [3.63, 3.8) is 0 Å². The fraction of sp³-hybridized carbons (Fsp3) is 0.692. The lowest BCUT2D eigenvalue weighted by molar-refractivity contribution is 0.277. The standard InChI is InChI=1S/C13H22FN3O/c1-3-5-6-7-8-9-18-12-11(14)10-16-13(17-12)15-4-2/h10H,3-9H2,1-2H3,(H,15,16,17). The molecule has 0 bridgehead atoms. The maximum Gasteiger partial charge on any atom is 0.255 e. The van der Waals surface area contributed by atoms with Crippen molar-refractivity contribution < 1.29 is 9.13 Å². The molecule has 0 aromatic carbocycles. The fourth-order valence-electron chi connectivity index (χ4n) is 1.57. The summed E-state index contributed by atoms with van der Waals surface area (Å²) in [5.41, 5.74) is 0. The summed E-state index contributed by atoms with van der Waals surface area (Å²) in [7, 11) is 0. The normalized spacial score (nSPS) is 10.4. The average Bonchev–Trinajstić information content (AvgIpc) is 2.37. The van der Waals surface area contributed by atoms with Gasteiger partial charge in [-0.25, -0.2) is 4.98 Å². The quantitative estimate of drug-likeness (QED) is 0.687. The van der Waals surface area contributed by atoms with Crippen LogP contribution in [0.5, 0.6) is 5.88 Å². The SMILES string of the molecule is CCCCCCCOc1nc(NCC)ncc1F. The number of ether oxygens (including phenoxy) is 1. The molecule has 1 aromatic heterocycles. The van der Waals surface area contributed by atoms with E-state index >= 15 is 0 Å². The number of hydrogen-bond donors (Lipinski definition) is 1. The molecule has 0 aliphatic carbocycles. The van der Waals surface area contributed by atoms with E-state index in [9.17, 15) is 4.39 Å². The number of rotatable bonds is 9. The molecule has 0 saturated heterocycles. The minimum absolute atomic E-state index is 0.0384. The van der Waals surface area contributed by atoms with Crippen molar-refractivity contribution in [3.8, 4) is 5.88 Å². The zero-order valence-corrected chi connectivity index (χ0v) is 11.2. The molecular formula is C13H22FN3O. The molecule has 0 saturated carbocycles. The second-order valence-corrected chi connectivity index (χ2v) is 4.14. The third-order valence-electron chi connectivity index (χ3n) is 2.53. The number of hydrogen-bond acceptors (Lipinski definition) is 4. The Morgan fingerprint density at radius 3 is 2.72 bits per heavy atom. The van der Waals surface area contributed by atoms with Crippen LogP contribution in [0.15, 0.2) is 6.20 Å². The molecule has 0 unspecified atom stereocenters. The van der Waals surface area contributed by atoms with Crippen LogP contribution in [0.2, 0.25) is 0 Å². The van der Waals surface area contributed by atoms with Gasteiger partial charge in [-0.15, -0.1) is 0 Å². The van der Waals surface area contributed by atoms with Crippen LogP contribution in [-0.4, -0.2) is 23.1 Å². The smallest absolute Gasteiger partial charge is 0.255 e. The number of aromatic nitrogens is 2. The molecule has 18 heavy (non-hydrogen) atoms.